The minimum absolute atomic E-state index is 0.105. The van der Waals surface area contributed by atoms with Crippen LogP contribution in [0, 0.1) is 0 Å². The van der Waals surface area contributed by atoms with Gasteiger partial charge in [0.15, 0.2) is 0 Å². The quantitative estimate of drug-likeness (QED) is 0.739. The summed E-state index contributed by atoms with van der Waals surface area (Å²) in [6.45, 7) is 2.71. The van der Waals surface area contributed by atoms with Gasteiger partial charge < -0.3 is 9.64 Å². The second kappa shape index (κ2) is 7.69. The molecule has 1 heterocycles. The van der Waals surface area contributed by atoms with Crippen molar-refractivity contribution in [2.45, 2.75) is 0 Å². The predicted molar refractivity (Wildman–Crippen MR) is 73.8 cm³/mol. The third-order valence-corrected chi connectivity index (χ3v) is 2.32. The number of amides is 1. The first-order valence-electron chi connectivity index (χ1n) is 5.44. The van der Waals surface area contributed by atoms with Crippen LogP contribution in [0.2, 0.25) is 0 Å². The van der Waals surface area contributed by atoms with Gasteiger partial charge in [-0.2, -0.15) is 8.42 Å². The van der Waals surface area contributed by atoms with Crippen LogP contribution < -0.4 is 0 Å². The first kappa shape index (κ1) is 16.2. The van der Waals surface area contributed by atoms with E-state index >= 15 is 0 Å². The Hall–Kier alpha value is -0.820. The SMILES string of the molecule is O=C(c1ccccc1)N1CCOCC1.O=S(=O)(Cl)Cl. The molecule has 19 heavy (non-hydrogen) atoms. The van der Waals surface area contributed by atoms with Crippen LogP contribution in [-0.2, 0) is 13.0 Å². The van der Waals surface area contributed by atoms with Crippen molar-refractivity contribution in [2.75, 3.05) is 26.3 Å². The fraction of sp³-hybridized carbons (Fsp3) is 0.364. The van der Waals surface area contributed by atoms with Crippen molar-refractivity contribution in [3.63, 3.8) is 0 Å². The molecule has 0 radical (unpaired) electrons. The Labute approximate surface area is 121 Å². The number of carbonyl (C=O) groups excluding carboxylic acids is 1. The molecule has 8 heteroatoms. The molecular weight excluding hydrogens is 313 g/mol. The molecule has 5 nitrogen and oxygen atoms in total. The van der Waals surface area contributed by atoms with E-state index in [1.54, 1.807) is 0 Å². The van der Waals surface area contributed by atoms with E-state index in [-0.39, 0.29) is 5.91 Å². The highest BCUT2D eigenvalue weighted by Crippen LogP contribution is 2.06. The summed E-state index contributed by atoms with van der Waals surface area (Å²) in [5.41, 5.74) is 0.759. The topological polar surface area (TPSA) is 63.7 Å². The van der Waals surface area contributed by atoms with Crippen LogP contribution in [0.5, 0.6) is 0 Å². The van der Waals surface area contributed by atoms with Gasteiger partial charge in [-0.25, -0.2) is 0 Å². The lowest BCUT2D eigenvalue weighted by Crippen LogP contribution is -2.40. The monoisotopic (exact) mass is 325 g/mol. The zero-order valence-electron chi connectivity index (χ0n) is 9.96. The molecule has 0 aliphatic carbocycles. The maximum atomic E-state index is 11.9. The maximum absolute atomic E-state index is 11.9. The van der Waals surface area contributed by atoms with Gasteiger partial charge in [-0.05, 0) is 12.1 Å². The van der Waals surface area contributed by atoms with Gasteiger partial charge in [0.1, 0.15) is 0 Å². The van der Waals surface area contributed by atoms with E-state index in [9.17, 15) is 4.79 Å². The fourth-order valence-corrected chi connectivity index (χ4v) is 1.53. The molecule has 1 aromatic rings. The lowest BCUT2D eigenvalue weighted by molar-refractivity contribution is 0.0303. The summed E-state index contributed by atoms with van der Waals surface area (Å²) in [5.74, 6) is 0.105. The summed E-state index contributed by atoms with van der Waals surface area (Å²) >= 11 is 0. The third kappa shape index (κ3) is 7.37. The van der Waals surface area contributed by atoms with Crippen molar-refractivity contribution in [1.82, 2.24) is 4.90 Å². The van der Waals surface area contributed by atoms with Gasteiger partial charge in [-0.15, -0.1) is 0 Å². The van der Waals surface area contributed by atoms with Crippen molar-refractivity contribution in [1.29, 1.82) is 0 Å². The van der Waals surface area contributed by atoms with Crippen LogP contribution in [0.4, 0.5) is 0 Å². The molecule has 1 aliphatic heterocycles. The number of carbonyl (C=O) groups is 1. The second-order valence-electron chi connectivity index (χ2n) is 3.65. The summed E-state index contributed by atoms with van der Waals surface area (Å²) in [5, 5.41) is 0. The zero-order chi connectivity index (χ0) is 14.3. The van der Waals surface area contributed by atoms with Crippen LogP contribution >= 0.6 is 21.4 Å². The largest absolute Gasteiger partial charge is 0.378 e. The number of morpholine rings is 1. The number of halogens is 2. The number of hydrogen-bond acceptors (Lipinski definition) is 4. The summed E-state index contributed by atoms with van der Waals surface area (Å²) in [4.78, 5) is 13.7. The highest BCUT2D eigenvalue weighted by molar-refractivity contribution is 8.31. The van der Waals surface area contributed by atoms with Crippen LogP contribution in [0.1, 0.15) is 10.4 Å². The van der Waals surface area contributed by atoms with Crippen molar-refractivity contribution < 1.29 is 17.9 Å². The van der Waals surface area contributed by atoms with Crippen LogP contribution in [0.15, 0.2) is 30.3 Å². The molecule has 0 atom stereocenters. The lowest BCUT2D eigenvalue weighted by Gasteiger charge is -2.26. The summed E-state index contributed by atoms with van der Waals surface area (Å²) < 4.78 is 23.5. The molecule has 0 spiro atoms. The molecule has 2 rings (SSSR count). The molecule has 0 N–H and O–H groups in total. The normalized spacial score (nSPS) is 15.4. The van der Waals surface area contributed by atoms with Gasteiger partial charge in [0.25, 0.3) is 5.91 Å². The number of nitrogens with zero attached hydrogens (tertiary/aromatic N) is 1. The van der Waals surface area contributed by atoms with Crippen molar-refractivity contribution in [3.05, 3.63) is 35.9 Å². The molecule has 0 bridgehead atoms. The molecule has 0 unspecified atom stereocenters. The molecule has 1 amide bonds. The van der Waals surface area contributed by atoms with E-state index in [0.29, 0.717) is 26.3 Å². The Balaban J connectivity index is 0.000000312. The molecule has 1 aliphatic rings. The lowest BCUT2D eigenvalue weighted by atomic mass is 10.2. The minimum Gasteiger partial charge on any atom is -0.378 e. The summed E-state index contributed by atoms with van der Waals surface area (Å²) in [6.07, 6.45) is 0. The molecular formula is C11H13Cl2NO4S. The third-order valence-electron chi connectivity index (χ3n) is 2.32. The minimum atomic E-state index is -3.72. The molecule has 0 aromatic heterocycles. The summed E-state index contributed by atoms with van der Waals surface area (Å²) in [7, 11) is 4.81. The molecule has 0 saturated carbocycles. The Bertz CT molecular complexity index is 493. The van der Waals surface area contributed by atoms with Gasteiger partial charge in [0.2, 0.25) is 0 Å². The Morgan fingerprint density at radius 1 is 1.11 bits per heavy atom. The highest BCUT2D eigenvalue weighted by atomic mass is 36.0. The van der Waals surface area contributed by atoms with Gasteiger partial charge in [0, 0.05) is 40.0 Å². The van der Waals surface area contributed by atoms with E-state index in [0.717, 1.165) is 5.56 Å². The van der Waals surface area contributed by atoms with E-state index in [4.69, 9.17) is 13.2 Å². The average Bonchev–Trinajstić information content (AvgIpc) is 2.38. The first-order chi connectivity index (χ1) is 8.88. The van der Waals surface area contributed by atoms with Crippen LogP contribution in [-0.4, -0.2) is 45.5 Å². The van der Waals surface area contributed by atoms with Crippen molar-refractivity contribution in [2.24, 2.45) is 0 Å². The number of ether oxygens (including phenoxy) is 1. The van der Waals surface area contributed by atoms with E-state index in [1.165, 1.54) is 0 Å². The Kier molecular flexibility index (Phi) is 6.57. The number of hydrogen-bond donors (Lipinski definition) is 0. The highest BCUT2D eigenvalue weighted by Gasteiger charge is 2.17. The van der Waals surface area contributed by atoms with Crippen LogP contribution in [0.25, 0.3) is 0 Å². The van der Waals surface area contributed by atoms with E-state index in [2.05, 4.69) is 21.4 Å². The van der Waals surface area contributed by atoms with Gasteiger partial charge in [-0.3, -0.25) is 4.79 Å². The van der Waals surface area contributed by atoms with Gasteiger partial charge in [-0.1, -0.05) is 18.2 Å². The predicted octanol–water partition coefficient (Wildman–Crippen LogP) is 1.87. The van der Waals surface area contributed by atoms with Crippen molar-refractivity contribution in [3.8, 4) is 0 Å². The first-order valence-corrected chi connectivity index (χ1v) is 8.58. The Morgan fingerprint density at radius 3 is 2.05 bits per heavy atom. The van der Waals surface area contributed by atoms with E-state index in [1.807, 2.05) is 35.2 Å². The van der Waals surface area contributed by atoms with E-state index < -0.39 is 8.26 Å². The molecule has 1 fully saturated rings. The fourth-order valence-electron chi connectivity index (χ4n) is 1.53. The standard InChI is InChI=1S/C11H13NO2.Cl2O2S/c13-11(10-4-2-1-3-5-10)12-6-8-14-9-7-12;1-5(2,3)4/h1-5H,6-9H2;. The molecule has 1 saturated heterocycles. The molecule has 106 valence electrons. The molecule has 1 aromatic carbocycles. The second-order valence-corrected chi connectivity index (χ2v) is 7.32. The van der Waals surface area contributed by atoms with Gasteiger partial charge in [0.05, 0.1) is 13.2 Å². The zero-order valence-corrected chi connectivity index (χ0v) is 12.3. The smallest absolute Gasteiger partial charge is 0.317 e. The Morgan fingerprint density at radius 2 is 1.58 bits per heavy atom. The van der Waals surface area contributed by atoms with Crippen molar-refractivity contribution >= 4 is 35.5 Å². The average molecular weight is 326 g/mol. The number of rotatable bonds is 1. The maximum Gasteiger partial charge on any atom is 0.317 e. The number of benzene rings is 1. The van der Waals surface area contributed by atoms with Crippen LogP contribution in [0.3, 0.4) is 0 Å². The van der Waals surface area contributed by atoms with Gasteiger partial charge >= 0.3 is 8.26 Å². The summed E-state index contributed by atoms with van der Waals surface area (Å²) in [6, 6.07) is 9.37.